The Hall–Kier alpha value is -0.870. The average Bonchev–Trinajstić information content (AvgIpc) is 2.71. The van der Waals surface area contributed by atoms with Crippen LogP contribution in [0.25, 0.3) is 0 Å². The van der Waals surface area contributed by atoms with E-state index in [1.54, 1.807) is 6.20 Å². The highest BCUT2D eigenvalue weighted by Crippen LogP contribution is 2.29. The molecule has 3 N–H and O–H groups in total. The van der Waals surface area contributed by atoms with Crippen LogP contribution < -0.4 is 5.73 Å². The van der Waals surface area contributed by atoms with E-state index in [0.29, 0.717) is 12.6 Å². The Morgan fingerprint density at radius 3 is 3.00 bits per heavy atom. The number of aliphatic hydroxyl groups is 1. The zero-order chi connectivity index (χ0) is 9.26. The molecule has 1 aliphatic rings. The highest BCUT2D eigenvalue weighted by Gasteiger charge is 2.24. The Kier molecular flexibility index (Phi) is 2.33. The molecular formula is C9H15N3O. The van der Waals surface area contributed by atoms with Crippen molar-refractivity contribution in [2.75, 3.05) is 0 Å². The van der Waals surface area contributed by atoms with E-state index in [9.17, 15) is 5.11 Å². The summed E-state index contributed by atoms with van der Waals surface area (Å²) in [5.41, 5.74) is 6.54. The Bertz CT molecular complexity index is 284. The summed E-state index contributed by atoms with van der Waals surface area (Å²) >= 11 is 0. The number of nitrogens with zero attached hydrogens (tertiary/aromatic N) is 2. The predicted octanol–water partition coefficient (Wildman–Crippen LogP) is 0.428. The van der Waals surface area contributed by atoms with Crippen LogP contribution in [0.5, 0.6) is 0 Å². The molecule has 1 aromatic heterocycles. The number of hydrogen-bond acceptors (Lipinski definition) is 3. The highest BCUT2D eigenvalue weighted by atomic mass is 16.3. The summed E-state index contributed by atoms with van der Waals surface area (Å²) in [4.78, 5) is 0. The molecule has 1 aliphatic carbocycles. The number of hydrogen-bond donors (Lipinski definition) is 2. The molecule has 1 heterocycles. The van der Waals surface area contributed by atoms with Gasteiger partial charge in [0.1, 0.15) is 0 Å². The van der Waals surface area contributed by atoms with Crippen LogP contribution in [-0.4, -0.2) is 21.0 Å². The second-order valence-electron chi connectivity index (χ2n) is 3.65. The standard InChI is InChI=1S/C9H15N3O/c10-4-7-5-11-12(6-7)8-1-2-9(13)3-8/h5-6,8-9,13H,1-4,10H2. The Morgan fingerprint density at radius 2 is 2.46 bits per heavy atom. The van der Waals surface area contributed by atoms with Gasteiger partial charge in [-0.2, -0.15) is 5.10 Å². The smallest absolute Gasteiger partial charge is 0.0561 e. The first-order valence-corrected chi connectivity index (χ1v) is 4.70. The molecule has 0 aliphatic heterocycles. The summed E-state index contributed by atoms with van der Waals surface area (Å²) in [5, 5.41) is 13.6. The SMILES string of the molecule is NCc1cnn(C2CCC(O)C2)c1. The van der Waals surface area contributed by atoms with Gasteiger partial charge in [-0.1, -0.05) is 0 Å². The largest absolute Gasteiger partial charge is 0.393 e. The van der Waals surface area contributed by atoms with Gasteiger partial charge in [0.2, 0.25) is 0 Å². The molecule has 2 unspecified atom stereocenters. The number of nitrogens with two attached hydrogens (primary N) is 1. The fourth-order valence-corrected chi connectivity index (χ4v) is 1.86. The van der Waals surface area contributed by atoms with Gasteiger partial charge in [0, 0.05) is 18.3 Å². The molecule has 1 fully saturated rings. The van der Waals surface area contributed by atoms with Gasteiger partial charge in [-0.15, -0.1) is 0 Å². The monoisotopic (exact) mass is 181 g/mol. The molecule has 0 bridgehead atoms. The van der Waals surface area contributed by atoms with E-state index >= 15 is 0 Å². The molecule has 0 amide bonds. The quantitative estimate of drug-likeness (QED) is 0.695. The van der Waals surface area contributed by atoms with Crippen molar-refractivity contribution in [2.45, 2.75) is 38.0 Å². The van der Waals surface area contributed by atoms with Gasteiger partial charge in [-0.25, -0.2) is 0 Å². The fraction of sp³-hybridized carbons (Fsp3) is 0.667. The fourth-order valence-electron chi connectivity index (χ4n) is 1.86. The van der Waals surface area contributed by atoms with Gasteiger partial charge in [-0.05, 0) is 19.3 Å². The molecule has 4 heteroatoms. The van der Waals surface area contributed by atoms with E-state index in [-0.39, 0.29) is 6.10 Å². The minimum absolute atomic E-state index is 0.143. The van der Waals surface area contributed by atoms with Gasteiger partial charge in [0.05, 0.1) is 18.3 Å². The lowest BCUT2D eigenvalue weighted by Crippen LogP contribution is -2.07. The van der Waals surface area contributed by atoms with Crippen LogP contribution in [0.2, 0.25) is 0 Å². The van der Waals surface area contributed by atoms with Crippen molar-refractivity contribution in [3.05, 3.63) is 18.0 Å². The van der Waals surface area contributed by atoms with Crippen LogP contribution in [0.4, 0.5) is 0 Å². The molecule has 2 rings (SSSR count). The molecule has 0 saturated heterocycles. The molecule has 0 aromatic carbocycles. The third kappa shape index (κ3) is 1.73. The second kappa shape index (κ2) is 3.47. The van der Waals surface area contributed by atoms with E-state index in [0.717, 1.165) is 24.8 Å². The summed E-state index contributed by atoms with van der Waals surface area (Å²) in [7, 11) is 0. The van der Waals surface area contributed by atoms with E-state index in [2.05, 4.69) is 5.10 Å². The lowest BCUT2D eigenvalue weighted by Gasteiger charge is -2.08. The summed E-state index contributed by atoms with van der Waals surface area (Å²) in [6.45, 7) is 0.537. The lowest BCUT2D eigenvalue weighted by atomic mass is 10.2. The third-order valence-corrected chi connectivity index (χ3v) is 2.64. The maximum atomic E-state index is 9.36. The van der Waals surface area contributed by atoms with E-state index < -0.39 is 0 Å². The molecule has 1 aromatic rings. The first-order chi connectivity index (χ1) is 6.29. The first-order valence-electron chi connectivity index (χ1n) is 4.70. The van der Waals surface area contributed by atoms with Crippen LogP contribution in [0, 0.1) is 0 Å². The van der Waals surface area contributed by atoms with E-state index in [4.69, 9.17) is 5.73 Å². The van der Waals surface area contributed by atoms with Gasteiger partial charge in [-0.3, -0.25) is 4.68 Å². The van der Waals surface area contributed by atoms with Crippen LogP contribution in [0.3, 0.4) is 0 Å². The van der Waals surface area contributed by atoms with Crippen molar-refractivity contribution in [1.29, 1.82) is 0 Å². The number of aliphatic hydroxyl groups excluding tert-OH is 1. The summed E-state index contributed by atoms with van der Waals surface area (Å²) in [6.07, 6.45) is 6.37. The van der Waals surface area contributed by atoms with Crippen LogP contribution in [0.15, 0.2) is 12.4 Å². The molecule has 0 spiro atoms. The van der Waals surface area contributed by atoms with Gasteiger partial charge in [0.15, 0.2) is 0 Å². The molecule has 13 heavy (non-hydrogen) atoms. The zero-order valence-corrected chi connectivity index (χ0v) is 7.56. The molecule has 4 nitrogen and oxygen atoms in total. The minimum atomic E-state index is -0.143. The Labute approximate surface area is 77.4 Å². The summed E-state index contributed by atoms with van der Waals surface area (Å²) < 4.78 is 1.93. The average molecular weight is 181 g/mol. The maximum absolute atomic E-state index is 9.36. The van der Waals surface area contributed by atoms with Crippen LogP contribution in [-0.2, 0) is 6.54 Å². The number of aromatic nitrogens is 2. The Morgan fingerprint density at radius 1 is 1.62 bits per heavy atom. The van der Waals surface area contributed by atoms with E-state index in [1.165, 1.54) is 0 Å². The van der Waals surface area contributed by atoms with Crippen molar-refractivity contribution >= 4 is 0 Å². The third-order valence-electron chi connectivity index (χ3n) is 2.64. The minimum Gasteiger partial charge on any atom is -0.393 e. The highest BCUT2D eigenvalue weighted by molar-refractivity contribution is 5.03. The first kappa shape index (κ1) is 8.72. The second-order valence-corrected chi connectivity index (χ2v) is 3.65. The van der Waals surface area contributed by atoms with Crippen molar-refractivity contribution in [3.8, 4) is 0 Å². The van der Waals surface area contributed by atoms with Gasteiger partial charge >= 0.3 is 0 Å². The normalized spacial score (nSPS) is 28.2. The molecule has 1 saturated carbocycles. The topological polar surface area (TPSA) is 64.1 Å². The number of rotatable bonds is 2. The van der Waals surface area contributed by atoms with Crippen molar-refractivity contribution in [3.63, 3.8) is 0 Å². The van der Waals surface area contributed by atoms with Crippen molar-refractivity contribution in [2.24, 2.45) is 5.73 Å². The summed E-state index contributed by atoms with van der Waals surface area (Å²) in [5.74, 6) is 0. The molecule has 72 valence electrons. The zero-order valence-electron chi connectivity index (χ0n) is 7.56. The van der Waals surface area contributed by atoms with Gasteiger partial charge in [0.25, 0.3) is 0 Å². The summed E-state index contributed by atoms with van der Waals surface area (Å²) in [6, 6.07) is 0.371. The van der Waals surface area contributed by atoms with Crippen LogP contribution in [0.1, 0.15) is 30.9 Å². The lowest BCUT2D eigenvalue weighted by molar-refractivity contribution is 0.177. The van der Waals surface area contributed by atoms with Crippen LogP contribution >= 0.6 is 0 Å². The van der Waals surface area contributed by atoms with E-state index in [1.807, 2.05) is 10.9 Å². The molecular weight excluding hydrogens is 166 g/mol. The van der Waals surface area contributed by atoms with Gasteiger partial charge < -0.3 is 10.8 Å². The molecule has 2 atom stereocenters. The predicted molar refractivity (Wildman–Crippen MR) is 49.0 cm³/mol. The maximum Gasteiger partial charge on any atom is 0.0561 e. The van der Waals surface area contributed by atoms with Crippen molar-refractivity contribution < 1.29 is 5.11 Å². The Balaban J connectivity index is 2.08. The molecule has 0 radical (unpaired) electrons. The van der Waals surface area contributed by atoms with Crippen molar-refractivity contribution in [1.82, 2.24) is 9.78 Å².